The van der Waals surface area contributed by atoms with Gasteiger partial charge in [0.25, 0.3) is 5.91 Å². The Balaban J connectivity index is 1.66. The molecule has 3 rings (SSSR count). The topological polar surface area (TPSA) is 60.3 Å². The minimum Gasteiger partial charge on any atom is -0.378 e. The van der Waals surface area contributed by atoms with Crippen LogP contribution in [0.2, 0.25) is 0 Å². The van der Waals surface area contributed by atoms with Crippen LogP contribution in [0.25, 0.3) is 6.08 Å². The first-order chi connectivity index (χ1) is 13.4. The maximum Gasteiger partial charge on any atom is 0.264 e. The zero-order valence-corrected chi connectivity index (χ0v) is 17.2. The molecule has 1 aliphatic heterocycles. The van der Waals surface area contributed by atoms with Gasteiger partial charge in [-0.2, -0.15) is 5.10 Å². The lowest BCUT2D eigenvalue weighted by molar-refractivity contribution is -0.115. The van der Waals surface area contributed by atoms with Gasteiger partial charge in [-0.25, -0.2) is 0 Å². The van der Waals surface area contributed by atoms with Crippen molar-refractivity contribution in [3.63, 3.8) is 0 Å². The summed E-state index contributed by atoms with van der Waals surface area (Å²) in [5.41, 5.74) is 4.14. The minimum absolute atomic E-state index is 0.161. The Hall–Kier alpha value is -3.06. The fourth-order valence-corrected chi connectivity index (χ4v) is 3.28. The summed E-state index contributed by atoms with van der Waals surface area (Å²) in [6.07, 6.45) is 3.52. The molecule has 1 aliphatic rings. The van der Waals surface area contributed by atoms with E-state index < -0.39 is 0 Å². The predicted molar refractivity (Wildman–Crippen MR) is 120 cm³/mol. The monoisotopic (exact) mass is 393 g/mol. The van der Waals surface area contributed by atoms with Crippen LogP contribution in [-0.4, -0.2) is 45.5 Å². The Morgan fingerprint density at radius 2 is 1.39 bits per heavy atom. The maximum absolute atomic E-state index is 12.2. The molecular formula is C21H23N5OS. The largest absolute Gasteiger partial charge is 0.378 e. The van der Waals surface area contributed by atoms with Crippen LogP contribution in [0.4, 0.5) is 11.4 Å². The number of anilines is 2. The first-order valence-electron chi connectivity index (χ1n) is 8.79. The Bertz CT molecular complexity index is 928. The van der Waals surface area contributed by atoms with E-state index in [9.17, 15) is 4.79 Å². The highest BCUT2D eigenvalue weighted by molar-refractivity contribution is 8.18. The molecule has 144 valence electrons. The molecule has 1 N–H and O–H groups in total. The third-order valence-corrected chi connectivity index (χ3v) is 5.02. The molecule has 1 heterocycles. The van der Waals surface area contributed by atoms with Crippen molar-refractivity contribution in [2.75, 3.05) is 38.0 Å². The van der Waals surface area contributed by atoms with E-state index >= 15 is 0 Å². The molecular weight excluding hydrogens is 370 g/mol. The van der Waals surface area contributed by atoms with Crippen LogP contribution in [0.1, 0.15) is 11.1 Å². The van der Waals surface area contributed by atoms with Crippen molar-refractivity contribution in [3.05, 3.63) is 64.6 Å². The van der Waals surface area contributed by atoms with Crippen molar-refractivity contribution in [2.24, 2.45) is 10.2 Å². The number of thioether (sulfide) groups is 1. The highest BCUT2D eigenvalue weighted by Crippen LogP contribution is 2.26. The standard InChI is InChI=1S/C21H23N5OS/c1-25(2)17-9-5-15(6-10-17)13-19-20(27)23-21(28-19)24-22-14-16-7-11-18(12-8-16)26(3)4/h5-14H,1-4H3,(H,23,24,27)/b19-13+,22-14+. The van der Waals surface area contributed by atoms with E-state index in [-0.39, 0.29) is 5.91 Å². The number of amidine groups is 1. The molecule has 28 heavy (non-hydrogen) atoms. The second-order valence-corrected chi connectivity index (χ2v) is 7.72. The van der Waals surface area contributed by atoms with Crippen LogP contribution >= 0.6 is 11.8 Å². The fourth-order valence-electron chi connectivity index (χ4n) is 2.50. The number of hydrogen-bond acceptors (Lipinski definition) is 6. The van der Waals surface area contributed by atoms with Crippen LogP contribution in [0.15, 0.2) is 63.6 Å². The summed E-state index contributed by atoms with van der Waals surface area (Å²) >= 11 is 1.29. The highest BCUT2D eigenvalue weighted by Gasteiger charge is 2.23. The molecule has 0 radical (unpaired) electrons. The van der Waals surface area contributed by atoms with Gasteiger partial charge in [-0.3, -0.25) is 10.1 Å². The minimum atomic E-state index is -0.161. The van der Waals surface area contributed by atoms with Crippen molar-refractivity contribution in [1.29, 1.82) is 0 Å². The molecule has 1 amide bonds. The fraction of sp³-hybridized carbons (Fsp3) is 0.190. The Morgan fingerprint density at radius 1 is 0.857 bits per heavy atom. The third-order valence-electron chi connectivity index (χ3n) is 4.12. The van der Waals surface area contributed by atoms with E-state index in [1.807, 2.05) is 92.6 Å². The Labute approximate surface area is 169 Å². The number of benzene rings is 2. The van der Waals surface area contributed by atoms with E-state index in [2.05, 4.69) is 15.5 Å². The molecule has 7 heteroatoms. The quantitative estimate of drug-likeness (QED) is 0.480. The molecule has 6 nitrogen and oxygen atoms in total. The van der Waals surface area contributed by atoms with E-state index in [4.69, 9.17) is 0 Å². The summed E-state index contributed by atoms with van der Waals surface area (Å²) in [6, 6.07) is 16.0. The number of nitrogens with one attached hydrogen (secondary N) is 1. The average molecular weight is 394 g/mol. The summed E-state index contributed by atoms with van der Waals surface area (Å²) in [7, 11) is 7.98. The predicted octanol–water partition coefficient (Wildman–Crippen LogP) is 3.41. The van der Waals surface area contributed by atoms with Gasteiger partial charge in [-0.15, -0.1) is 5.10 Å². The molecule has 2 aromatic carbocycles. The van der Waals surface area contributed by atoms with Crippen molar-refractivity contribution < 1.29 is 4.79 Å². The Morgan fingerprint density at radius 3 is 1.93 bits per heavy atom. The molecule has 1 saturated heterocycles. The molecule has 0 aliphatic carbocycles. The summed E-state index contributed by atoms with van der Waals surface area (Å²) in [5.74, 6) is -0.161. The van der Waals surface area contributed by atoms with Crippen LogP contribution in [0.5, 0.6) is 0 Å². The van der Waals surface area contributed by atoms with Gasteiger partial charge in [-0.05, 0) is 53.2 Å². The molecule has 2 aromatic rings. The summed E-state index contributed by atoms with van der Waals surface area (Å²) in [4.78, 5) is 16.8. The number of carbonyl (C=O) groups is 1. The number of hydrogen-bond donors (Lipinski definition) is 1. The van der Waals surface area contributed by atoms with Gasteiger partial charge in [0.15, 0.2) is 5.17 Å². The maximum atomic E-state index is 12.2. The first kappa shape index (κ1) is 19.7. The molecule has 0 bridgehead atoms. The van der Waals surface area contributed by atoms with Gasteiger partial charge in [-0.1, -0.05) is 24.3 Å². The van der Waals surface area contributed by atoms with Gasteiger partial charge in [0.1, 0.15) is 0 Å². The van der Waals surface area contributed by atoms with Crippen molar-refractivity contribution in [2.45, 2.75) is 0 Å². The molecule has 0 spiro atoms. The third kappa shape index (κ3) is 5.01. The molecule has 0 saturated carbocycles. The van der Waals surface area contributed by atoms with Crippen LogP contribution < -0.4 is 15.1 Å². The van der Waals surface area contributed by atoms with Crippen molar-refractivity contribution in [3.8, 4) is 0 Å². The summed E-state index contributed by atoms with van der Waals surface area (Å²) in [5, 5.41) is 11.4. The lowest BCUT2D eigenvalue weighted by atomic mass is 10.2. The second kappa shape index (κ2) is 8.75. The smallest absolute Gasteiger partial charge is 0.264 e. The van der Waals surface area contributed by atoms with Crippen LogP contribution in [-0.2, 0) is 4.79 Å². The lowest BCUT2D eigenvalue weighted by Crippen LogP contribution is -2.19. The summed E-state index contributed by atoms with van der Waals surface area (Å²) < 4.78 is 0. The number of rotatable bonds is 5. The number of nitrogens with zero attached hydrogens (tertiary/aromatic N) is 4. The average Bonchev–Trinajstić information content (AvgIpc) is 3.02. The molecule has 1 fully saturated rings. The van der Waals surface area contributed by atoms with Crippen LogP contribution in [0, 0.1) is 0 Å². The zero-order chi connectivity index (χ0) is 20.1. The van der Waals surface area contributed by atoms with E-state index in [1.165, 1.54) is 11.8 Å². The zero-order valence-electron chi connectivity index (χ0n) is 16.4. The highest BCUT2D eigenvalue weighted by atomic mass is 32.2. The molecule has 0 aromatic heterocycles. The van der Waals surface area contributed by atoms with Gasteiger partial charge in [0, 0.05) is 39.6 Å². The van der Waals surface area contributed by atoms with Gasteiger partial charge in [0.05, 0.1) is 11.1 Å². The SMILES string of the molecule is CN(C)c1ccc(/C=N/N=C2\NC(=O)/C(=C\c3ccc(N(C)C)cc3)S2)cc1. The molecule has 0 unspecified atom stereocenters. The molecule has 0 atom stereocenters. The second-order valence-electron chi connectivity index (χ2n) is 6.69. The van der Waals surface area contributed by atoms with Gasteiger partial charge < -0.3 is 9.80 Å². The first-order valence-corrected chi connectivity index (χ1v) is 9.61. The lowest BCUT2D eigenvalue weighted by Gasteiger charge is -2.11. The van der Waals surface area contributed by atoms with E-state index in [0.717, 1.165) is 22.5 Å². The van der Waals surface area contributed by atoms with Crippen LogP contribution in [0.3, 0.4) is 0 Å². The number of amides is 1. The van der Waals surface area contributed by atoms with E-state index in [1.54, 1.807) is 6.21 Å². The van der Waals surface area contributed by atoms with Crippen molar-refractivity contribution in [1.82, 2.24) is 5.32 Å². The number of carbonyl (C=O) groups excluding carboxylic acids is 1. The summed E-state index contributed by atoms with van der Waals surface area (Å²) in [6.45, 7) is 0. The van der Waals surface area contributed by atoms with Gasteiger partial charge >= 0.3 is 0 Å². The Kier molecular flexibility index (Phi) is 6.16. The van der Waals surface area contributed by atoms with E-state index in [0.29, 0.717) is 10.1 Å². The van der Waals surface area contributed by atoms with Crippen molar-refractivity contribution >= 4 is 46.5 Å². The normalized spacial score (nSPS) is 16.8. The van der Waals surface area contributed by atoms with Gasteiger partial charge in [0.2, 0.25) is 0 Å².